The van der Waals surface area contributed by atoms with Gasteiger partial charge in [0.2, 0.25) is 0 Å². The van der Waals surface area contributed by atoms with Gasteiger partial charge in [-0.05, 0) is 49.4 Å². The molecule has 0 aromatic heterocycles. The van der Waals surface area contributed by atoms with Crippen LogP contribution >= 0.6 is 0 Å². The molecule has 0 aliphatic carbocycles. The zero-order valence-electron chi connectivity index (χ0n) is 11.2. The lowest BCUT2D eigenvalue weighted by molar-refractivity contribution is -0.137. The van der Waals surface area contributed by atoms with E-state index in [1.165, 1.54) is 5.56 Å². The van der Waals surface area contributed by atoms with E-state index in [0.717, 1.165) is 36.1 Å². The fourth-order valence-corrected chi connectivity index (χ4v) is 1.97. The monoisotopic (exact) mass is 277 g/mol. The molecule has 105 valence electrons. The van der Waals surface area contributed by atoms with Crippen LogP contribution in [0.1, 0.15) is 28.7 Å². The minimum atomic E-state index is -4.26. The van der Waals surface area contributed by atoms with Crippen molar-refractivity contribution in [3.63, 3.8) is 0 Å². The SMILES string of the molecule is Cc1ccc([CH]CCc2ccc(C(F)(F)F)cc2)cc1. The minimum Gasteiger partial charge on any atom is -0.166 e. The van der Waals surface area contributed by atoms with Gasteiger partial charge in [-0.15, -0.1) is 0 Å². The van der Waals surface area contributed by atoms with Crippen LogP contribution < -0.4 is 0 Å². The van der Waals surface area contributed by atoms with Gasteiger partial charge in [-0.3, -0.25) is 0 Å². The van der Waals surface area contributed by atoms with Crippen molar-refractivity contribution >= 4 is 0 Å². The van der Waals surface area contributed by atoms with Crippen molar-refractivity contribution in [3.8, 4) is 0 Å². The summed E-state index contributed by atoms with van der Waals surface area (Å²) in [6.07, 6.45) is -0.607. The third-order valence-electron chi connectivity index (χ3n) is 3.17. The first-order valence-electron chi connectivity index (χ1n) is 6.51. The van der Waals surface area contributed by atoms with E-state index in [-0.39, 0.29) is 0 Å². The Bertz CT molecular complexity index is 536. The van der Waals surface area contributed by atoms with Gasteiger partial charge < -0.3 is 0 Å². The summed E-state index contributed by atoms with van der Waals surface area (Å²) in [7, 11) is 0. The van der Waals surface area contributed by atoms with Crippen molar-refractivity contribution in [3.05, 3.63) is 77.2 Å². The Kier molecular flexibility index (Phi) is 4.48. The molecule has 0 fully saturated rings. The molecule has 0 spiro atoms. The van der Waals surface area contributed by atoms with E-state index in [1.54, 1.807) is 12.1 Å². The maximum atomic E-state index is 12.4. The molecule has 2 aromatic rings. The molecule has 0 heterocycles. The predicted molar refractivity (Wildman–Crippen MR) is 74.3 cm³/mol. The van der Waals surface area contributed by atoms with Crippen LogP contribution in [0.3, 0.4) is 0 Å². The van der Waals surface area contributed by atoms with Crippen LogP contribution in [0, 0.1) is 13.3 Å². The Morgan fingerprint density at radius 2 is 1.50 bits per heavy atom. The average molecular weight is 277 g/mol. The summed E-state index contributed by atoms with van der Waals surface area (Å²) >= 11 is 0. The summed E-state index contributed by atoms with van der Waals surface area (Å²) in [4.78, 5) is 0. The Labute approximate surface area is 117 Å². The highest BCUT2D eigenvalue weighted by Crippen LogP contribution is 2.29. The fourth-order valence-electron chi connectivity index (χ4n) is 1.97. The van der Waals surface area contributed by atoms with Crippen molar-refractivity contribution in [1.82, 2.24) is 0 Å². The summed E-state index contributed by atoms with van der Waals surface area (Å²) in [6.45, 7) is 2.03. The van der Waals surface area contributed by atoms with E-state index in [0.29, 0.717) is 0 Å². The summed E-state index contributed by atoms with van der Waals surface area (Å²) in [5, 5.41) is 0. The van der Waals surface area contributed by atoms with E-state index in [2.05, 4.69) is 6.42 Å². The smallest absolute Gasteiger partial charge is 0.166 e. The lowest BCUT2D eigenvalue weighted by Crippen LogP contribution is -2.04. The van der Waals surface area contributed by atoms with Gasteiger partial charge in [0.25, 0.3) is 0 Å². The van der Waals surface area contributed by atoms with Crippen molar-refractivity contribution in [2.45, 2.75) is 25.9 Å². The molecule has 20 heavy (non-hydrogen) atoms. The van der Waals surface area contributed by atoms with E-state index in [9.17, 15) is 13.2 Å². The van der Waals surface area contributed by atoms with Crippen LogP contribution in [-0.4, -0.2) is 0 Å². The van der Waals surface area contributed by atoms with Gasteiger partial charge in [0.05, 0.1) is 5.56 Å². The van der Waals surface area contributed by atoms with E-state index < -0.39 is 11.7 Å². The van der Waals surface area contributed by atoms with Gasteiger partial charge in [0.15, 0.2) is 0 Å². The quantitative estimate of drug-likeness (QED) is 0.720. The van der Waals surface area contributed by atoms with E-state index in [4.69, 9.17) is 0 Å². The third-order valence-corrected chi connectivity index (χ3v) is 3.17. The van der Waals surface area contributed by atoms with Crippen LogP contribution in [0.25, 0.3) is 0 Å². The lowest BCUT2D eigenvalue weighted by atomic mass is 10.0. The first-order valence-corrected chi connectivity index (χ1v) is 6.51. The van der Waals surface area contributed by atoms with Gasteiger partial charge >= 0.3 is 6.18 Å². The summed E-state index contributed by atoms with van der Waals surface area (Å²) in [5.74, 6) is 0. The first kappa shape index (κ1) is 14.6. The van der Waals surface area contributed by atoms with Crippen molar-refractivity contribution in [1.29, 1.82) is 0 Å². The molecule has 1 radical (unpaired) electrons. The molecule has 0 N–H and O–H groups in total. The molecule has 0 amide bonds. The predicted octanol–water partition coefficient (Wildman–Crippen LogP) is 5.20. The van der Waals surface area contributed by atoms with Gasteiger partial charge in [0.1, 0.15) is 0 Å². The maximum Gasteiger partial charge on any atom is 0.416 e. The zero-order valence-corrected chi connectivity index (χ0v) is 11.2. The maximum absolute atomic E-state index is 12.4. The lowest BCUT2D eigenvalue weighted by Gasteiger charge is -2.07. The molecular weight excluding hydrogens is 261 g/mol. The largest absolute Gasteiger partial charge is 0.416 e. The number of hydrogen-bond acceptors (Lipinski definition) is 0. The van der Waals surface area contributed by atoms with Crippen LogP contribution in [-0.2, 0) is 12.6 Å². The van der Waals surface area contributed by atoms with Gasteiger partial charge in [-0.1, -0.05) is 42.0 Å². The molecular formula is C17H16F3. The van der Waals surface area contributed by atoms with Crippen molar-refractivity contribution in [2.75, 3.05) is 0 Å². The summed E-state index contributed by atoms with van der Waals surface area (Å²) in [5.41, 5.74) is 2.68. The molecule has 0 nitrogen and oxygen atoms in total. The van der Waals surface area contributed by atoms with Gasteiger partial charge in [-0.2, -0.15) is 13.2 Å². The molecule has 0 aliphatic rings. The topological polar surface area (TPSA) is 0 Å². The molecule has 2 rings (SSSR count). The van der Waals surface area contributed by atoms with Crippen LogP contribution in [0.5, 0.6) is 0 Å². The number of benzene rings is 2. The molecule has 0 saturated carbocycles. The van der Waals surface area contributed by atoms with Crippen LogP contribution in [0.15, 0.2) is 48.5 Å². The Balaban J connectivity index is 1.87. The van der Waals surface area contributed by atoms with E-state index in [1.807, 2.05) is 31.2 Å². The first-order chi connectivity index (χ1) is 9.45. The third kappa shape index (κ3) is 4.12. The highest BCUT2D eigenvalue weighted by atomic mass is 19.4. The highest BCUT2D eigenvalue weighted by molar-refractivity contribution is 5.28. The average Bonchev–Trinajstić information content (AvgIpc) is 2.41. The Morgan fingerprint density at radius 3 is 2.05 bits per heavy atom. The molecule has 0 aliphatic heterocycles. The van der Waals surface area contributed by atoms with E-state index >= 15 is 0 Å². The van der Waals surface area contributed by atoms with Crippen LogP contribution in [0.2, 0.25) is 0 Å². The number of rotatable bonds is 4. The van der Waals surface area contributed by atoms with Gasteiger partial charge in [-0.25, -0.2) is 0 Å². The molecule has 0 unspecified atom stereocenters. The molecule has 0 atom stereocenters. The van der Waals surface area contributed by atoms with Crippen molar-refractivity contribution in [2.24, 2.45) is 0 Å². The second-order valence-corrected chi connectivity index (χ2v) is 4.85. The number of aryl methyl sites for hydroxylation is 2. The fraction of sp³-hybridized carbons (Fsp3) is 0.235. The highest BCUT2D eigenvalue weighted by Gasteiger charge is 2.29. The normalized spacial score (nSPS) is 11.6. The second kappa shape index (κ2) is 6.12. The standard InChI is InChI=1S/C17H16F3/c1-13-5-7-14(8-6-13)3-2-4-15-9-11-16(12-10-15)17(18,19)20/h3,5-12H,2,4H2,1H3. The van der Waals surface area contributed by atoms with Crippen molar-refractivity contribution < 1.29 is 13.2 Å². The molecule has 2 aromatic carbocycles. The zero-order chi connectivity index (χ0) is 14.6. The number of halogens is 3. The molecule has 0 saturated heterocycles. The minimum absolute atomic E-state index is 0.594. The van der Waals surface area contributed by atoms with Gasteiger partial charge in [0, 0.05) is 0 Å². The Hall–Kier alpha value is -1.77. The number of alkyl halides is 3. The second-order valence-electron chi connectivity index (χ2n) is 4.85. The Morgan fingerprint density at radius 1 is 0.900 bits per heavy atom. The molecule has 3 heteroatoms. The summed E-state index contributed by atoms with van der Waals surface area (Å²) in [6, 6.07) is 13.6. The number of hydrogen-bond donors (Lipinski definition) is 0. The molecule has 0 bridgehead atoms. The van der Waals surface area contributed by atoms with Crippen LogP contribution in [0.4, 0.5) is 13.2 Å². The summed E-state index contributed by atoms with van der Waals surface area (Å²) < 4.78 is 37.3.